The Morgan fingerprint density at radius 2 is 1.96 bits per heavy atom. The van der Waals surface area contributed by atoms with Crippen LogP contribution in [0.4, 0.5) is 4.39 Å². The van der Waals surface area contributed by atoms with Gasteiger partial charge in [0.1, 0.15) is 16.5 Å². The Balaban J connectivity index is 0.00000338. The molecule has 0 aliphatic heterocycles. The van der Waals surface area contributed by atoms with E-state index >= 15 is 0 Å². The summed E-state index contributed by atoms with van der Waals surface area (Å²) < 4.78 is 43.4. The van der Waals surface area contributed by atoms with Crippen molar-refractivity contribution in [1.82, 2.24) is 15.6 Å². The molecule has 0 saturated heterocycles. The van der Waals surface area contributed by atoms with Crippen LogP contribution in [0.1, 0.15) is 17.3 Å². The van der Waals surface area contributed by atoms with Gasteiger partial charge >= 0.3 is 0 Å². The van der Waals surface area contributed by atoms with Crippen molar-refractivity contribution in [1.29, 1.82) is 0 Å². The lowest BCUT2D eigenvalue weighted by atomic mass is 10.3. The number of aliphatic imine (C=N–C) groups is 1. The molecule has 1 aromatic carbocycles. The van der Waals surface area contributed by atoms with Crippen molar-refractivity contribution in [2.45, 2.75) is 25.3 Å². The smallest absolute Gasteiger partial charge is 0.214 e. The molecule has 0 spiro atoms. The minimum atomic E-state index is -3.72. The molecule has 0 radical (unpaired) electrons. The molecule has 2 rings (SSSR count). The Morgan fingerprint density at radius 3 is 2.54 bits per heavy atom. The molecule has 0 aliphatic rings. The fraction of sp³-hybridized carbons (Fsp3) is 0.375. The van der Waals surface area contributed by atoms with E-state index in [1.165, 1.54) is 18.2 Å². The van der Waals surface area contributed by atoms with Crippen molar-refractivity contribution < 1.29 is 17.2 Å². The summed E-state index contributed by atoms with van der Waals surface area (Å²) in [5.74, 6) is 0.649. The molecule has 0 aliphatic carbocycles. The molecule has 26 heavy (non-hydrogen) atoms. The average molecular weight is 496 g/mol. The van der Waals surface area contributed by atoms with Gasteiger partial charge in [0.2, 0.25) is 5.89 Å². The summed E-state index contributed by atoms with van der Waals surface area (Å²) in [6.45, 7) is 4.07. The van der Waals surface area contributed by atoms with Crippen LogP contribution in [0.5, 0.6) is 0 Å². The van der Waals surface area contributed by atoms with Crippen molar-refractivity contribution in [2.24, 2.45) is 4.99 Å². The van der Waals surface area contributed by atoms with E-state index in [0.29, 0.717) is 18.4 Å². The number of benzene rings is 1. The van der Waals surface area contributed by atoms with E-state index in [-0.39, 0.29) is 41.2 Å². The van der Waals surface area contributed by atoms with E-state index in [0.717, 1.165) is 17.5 Å². The molecule has 144 valence electrons. The predicted octanol–water partition coefficient (Wildman–Crippen LogP) is 2.19. The Kier molecular flexibility index (Phi) is 8.47. The minimum absolute atomic E-state index is 0. The SMILES string of the molecule is CN=C(NCCS(=O)(=O)c1ccccc1F)NCc1nc(C)c(C)o1.I. The van der Waals surface area contributed by atoms with Crippen molar-refractivity contribution in [3.63, 3.8) is 0 Å². The van der Waals surface area contributed by atoms with Crippen LogP contribution >= 0.6 is 24.0 Å². The first-order valence-electron chi connectivity index (χ1n) is 7.68. The van der Waals surface area contributed by atoms with Gasteiger partial charge in [0.25, 0.3) is 0 Å². The van der Waals surface area contributed by atoms with Crippen LogP contribution in [0.15, 0.2) is 38.6 Å². The number of halogens is 2. The van der Waals surface area contributed by atoms with Gasteiger partial charge < -0.3 is 15.1 Å². The predicted molar refractivity (Wildman–Crippen MR) is 108 cm³/mol. The lowest BCUT2D eigenvalue weighted by molar-refractivity contribution is 0.464. The fourth-order valence-electron chi connectivity index (χ4n) is 2.11. The van der Waals surface area contributed by atoms with Crippen molar-refractivity contribution in [3.05, 3.63) is 47.4 Å². The van der Waals surface area contributed by atoms with Crippen LogP contribution in [0.25, 0.3) is 0 Å². The standard InChI is InChI=1S/C16H21FN4O3S.HI/c1-11-12(2)24-15(21-11)10-20-16(18-3)19-8-9-25(22,23)14-7-5-4-6-13(14)17;/h4-7H,8-10H2,1-3H3,(H2,18,19,20);1H. The van der Waals surface area contributed by atoms with Crippen molar-refractivity contribution >= 4 is 39.8 Å². The Bertz CT molecular complexity index is 849. The topological polar surface area (TPSA) is 96.6 Å². The molecule has 2 aromatic rings. The van der Waals surface area contributed by atoms with Gasteiger partial charge in [-0.1, -0.05) is 12.1 Å². The summed E-state index contributed by atoms with van der Waals surface area (Å²) in [6.07, 6.45) is 0. The number of sulfone groups is 1. The number of aromatic nitrogens is 1. The number of rotatable bonds is 6. The van der Waals surface area contributed by atoms with Gasteiger partial charge in [-0.15, -0.1) is 24.0 Å². The van der Waals surface area contributed by atoms with Gasteiger partial charge in [0.05, 0.1) is 18.0 Å². The van der Waals surface area contributed by atoms with E-state index < -0.39 is 15.7 Å². The van der Waals surface area contributed by atoms with E-state index in [1.807, 2.05) is 13.8 Å². The zero-order valence-corrected chi connectivity index (χ0v) is 17.9. The second-order valence-corrected chi connectivity index (χ2v) is 7.43. The quantitative estimate of drug-likeness (QED) is 0.362. The van der Waals surface area contributed by atoms with Gasteiger partial charge in [0, 0.05) is 13.6 Å². The summed E-state index contributed by atoms with van der Waals surface area (Å²) in [5, 5.41) is 5.85. The minimum Gasteiger partial charge on any atom is -0.444 e. The maximum Gasteiger partial charge on any atom is 0.214 e. The highest BCUT2D eigenvalue weighted by Gasteiger charge is 2.18. The van der Waals surface area contributed by atoms with Crippen LogP contribution in [0.2, 0.25) is 0 Å². The molecule has 2 N–H and O–H groups in total. The number of oxazole rings is 1. The molecular weight excluding hydrogens is 474 g/mol. The summed E-state index contributed by atoms with van der Waals surface area (Å²) >= 11 is 0. The van der Waals surface area contributed by atoms with Gasteiger partial charge in [-0.2, -0.15) is 0 Å². The molecule has 0 atom stereocenters. The van der Waals surface area contributed by atoms with Gasteiger partial charge in [-0.3, -0.25) is 4.99 Å². The third-order valence-electron chi connectivity index (χ3n) is 3.54. The maximum absolute atomic E-state index is 13.6. The fourth-order valence-corrected chi connectivity index (χ4v) is 3.35. The molecule has 0 fully saturated rings. The number of nitrogens with zero attached hydrogens (tertiary/aromatic N) is 2. The second kappa shape index (κ2) is 9.86. The molecule has 10 heteroatoms. The molecule has 1 heterocycles. The molecule has 7 nitrogen and oxygen atoms in total. The number of aryl methyl sites for hydroxylation is 2. The van der Waals surface area contributed by atoms with Crippen LogP contribution in [-0.4, -0.2) is 38.7 Å². The lowest BCUT2D eigenvalue weighted by Crippen LogP contribution is -2.39. The van der Waals surface area contributed by atoms with Crippen LogP contribution < -0.4 is 10.6 Å². The summed E-state index contributed by atoms with van der Waals surface area (Å²) in [6, 6.07) is 5.32. The highest BCUT2D eigenvalue weighted by molar-refractivity contribution is 14.0. The van der Waals surface area contributed by atoms with Gasteiger partial charge in [-0.25, -0.2) is 17.8 Å². The van der Waals surface area contributed by atoms with Gasteiger partial charge in [0.15, 0.2) is 15.8 Å². The Labute approximate surface area is 169 Å². The molecule has 1 aromatic heterocycles. The maximum atomic E-state index is 13.6. The largest absolute Gasteiger partial charge is 0.444 e. The Morgan fingerprint density at radius 1 is 1.27 bits per heavy atom. The first-order valence-corrected chi connectivity index (χ1v) is 9.33. The summed E-state index contributed by atoms with van der Waals surface area (Å²) in [4.78, 5) is 7.93. The number of guanidine groups is 1. The zero-order valence-electron chi connectivity index (χ0n) is 14.7. The van der Waals surface area contributed by atoms with Crippen molar-refractivity contribution in [2.75, 3.05) is 19.3 Å². The molecule has 0 saturated carbocycles. The molecular formula is C16H22FIN4O3S. The monoisotopic (exact) mass is 496 g/mol. The summed E-state index contributed by atoms with van der Waals surface area (Å²) in [5.41, 5.74) is 0.815. The van der Waals surface area contributed by atoms with E-state index in [2.05, 4.69) is 20.6 Å². The third kappa shape index (κ3) is 5.94. The second-order valence-electron chi connectivity index (χ2n) is 5.35. The first-order chi connectivity index (χ1) is 11.8. The first kappa shape index (κ1) is 22.4. The van der Waals surface area contributed by atoms with Crippen LogP contribution in [0.3, 0.4) is 0 Å². The van der Waals surface area contributed by atoms with E-state index in [9.17, 15) is 12.8 Å². The highest BCUT2D eigenvalue weighted by Crippen LogP contribution is 2.14. The third-order valence-corrected chi connectivity index (χ3v) is 5.28. The number of hydrogen-bond donors (Lipinski definition) is 2. The van der Waals surface area contributed by atoms with E-state index in [1.54, 1.807) is 7.05 Å². The number of hydrogen-bond acceptors (Lipinski definition) is 5. The molecule has 0 bridgehead atoms. The zero-order chi connectivity index (χ0) is 18.4. The van der Waals surface area contributed by atoms with E-state index in [4.69, 9.17) is 4.42 Å². The number of nitrogens with one attached hydrogen (secondary N) is 2. The average Bonchev–Trinajstić information content (AvgIpc) is 2.89. The highest BCUT2D eigenvalue weighted by atomic mass is 127. The molecule has 0 unspecified atom stereocenters. The van der Waals surface area contributed by atoms with Crippen LogP contribution in [0, 0.1) is 19.7 Å². The van der Waals surface area contributed by atoms with Crippen LogP contribution in [-0.2, 0) is 16.4 Å². The summed E-state index contributed by atoms with van der Waals surface area (Å²) in [7, 11) is -2.15. The van der Waals surface area contributed by atoms with Crippen molar-refractivity contribution in [3.8, 4) is 0 Å². The van der Waals surface area contributed by atoms with Gasteiger partial charge in [-0.05, 0) is 26.0 Å². The normalized spacial score (nSPS) is 11.8. The Hall–Kier alpha value is -1.69. The molecule has 0 amide bonds. The lowest BCUT2D eigenvalue weighted by Gasteiger charge is -2.11.